The predicted octanol–water partition coefficient (Wildman–Crippen LogP) is 3.88. The Kier molecular flexibility index (Phi) is 5.31. The van der Waals surface area contributed by atoms with Crippen LogP contribution in [0.5, 0.6) is 0 Å². The lowest BCUT2D eigenvalue weighted by atomic mass is 9.82. The maximum Gasteiger partial charge on any atom is 0.320 e. The third-order valence-corrected chi connectivity index (χ3v) is 5.25. The number of carbonyl (C=O) groups is 2. The quantitative estimate of drug-likeness (QED) is 0.532. The van der Waals surface area contributed by atoms with Gasteiger partial charge in [-0.05, 0) is 30.5 Å². The Hall–Kier alpha value is -3.08. The Balaban J connectivity index is 2.19. The number of aliphatic carboxylic acids is 1. The van der Waals surface area contributed by atoms with Gasteiger partial charge in [-0.2, -0.15) is 0 Å². The van der Waals surface area contributed by atoms with Crippen LogP contribution in [0.4, 0.5) is 0 Å². The second kappa shape index (κ2) is 7.66. The van der Waals surface area contributed by atoms with Crippen molar-refractivity contribution in [2.24, 2.45) is 13.0 Å². The van der Waals surface area contributed by atoms with E-state index in [1.165, 1.54) is 7.11 Å². The molecule has 0 saturated heterocycles. The zero-order chi connectivity index (χ0) is 19.6. The van der Waals surface area contributed by atoms with Crippen LogP contribution < -0.4 is 0 Å². The summed E-state index contributed by atoms with van der Waals surface area (Å²) in [6.07, 6.45) is 0.140. The number of nitrogens with zero attached hydrogens (tertiary/aromatic N) is 1. The molecule has 0 amide bonds. The SMILES string of the molecule is COC(=O)C(CC(c1ccccc1)c1c(C)n(C)c2ccccc12)C(=O)O. The van der Waals surface area contributed by atoms with Crippen molar-refractivity contribution in [3.8, 4) is 0 Å². The summed E-state index contributed by atoms with van der Waals surface area (Å²) in [6.45, 7) is 2.03. The molecule has 0 aliphatic carbocycles. The fourth-order valence-electron chi connectivity index (χ4n) is 3.77. The number of rotatable bonds is 6. The lowest BCUT2D eigenvalue weighted by Gasteiger charge is -2.22. The number of carboxylic acids is 1. The second-order valence-electron chi connectivity index (χ2n) is 6.69. The first-order chi connectivity index (χ1) is 13.0. The van der Waals surface area contributed by atoms with Crippen molar-refractivity contribution in [3.05, 3.63) is 71.4 Å². The molecule has 3 rings (SSSR count). The van der Waals surface area contributed by atoms with Gasteiger partial charge in [0.2, 0.25) is 0 Å². The number of aryl methyl sites for hydroxylation is 1. The fourth-order valence-corrected chi connectivity index (χ4v) is 3.77. The maximum absolute atomic E-state index is 12.1. The van der Waals surface area contributed by atoms with Crippen LogP contribution in [-0.4, -0.2) is 28.7 Å². The van der Waals surface area contributed by atoms with E-state index >= 15 is 0 Å². The lowest BCUT2D eigenvalue weighted by Crippen LogP contribution is -2.27. The number of benzene rings is 2. The third kappa shape index (κ3) is 3.45. The molecule has 2 atom stereocenters. The molecule has 3 aromatic rings. The molecular weight excluding hydrogens is 342 g/mol. The predicted molar refractivity (Wildman–Crippen MR) is 104 cm³/mol. The minimum Gasteiger partial charge on any atom is -0.481 e. The van der Waals surface area contributed by atoms with Gasteiger partial charge in [-0.1, -0.05) is 48.5 Å². The number of ether oxygens (including phenoxy) is 1. The first kappa shape index (κ1) is 18.7. The average molecular weight is 365 g/mol. The highest BCUT2D eigenvalue weighted by atomic mass is 16.5. The van der Waals surface area contributed by atoms with E-state index in [4.69, 9.17) is 4.74 Å². The molecule has 2 unspecified atom stereocenters. The minimum absolute atomic E-state index is 0.140. The van der Waals surface area contributed by atoms with E-state index < -0.39 is 17.9 Å². The molecule has 5 heteroatoms. The van der Waals surface area contributed by atoms with Gasteiger partial charge in [0.15, 0.2) is 5.92 Å². The topological polar surface area (TPSA) is 68.5 Å². The smallest absolute Gasteiger partial charge is 0.320 e. The summed E-state index contributed by atoms with van der Waals surface area (Å²) < 4.78 is 6.85. The van der Waals surface area contributed by atoms with Gasteiger partial charge < -0.3 is 14.4 Å². The summed E-state index contributed by atoms with van der Waals surface area (Å²) >= 11 is 0. The standard InChI is InChI=1S/C22H23NO4/c1-14-20(16-11-7-8-12-19(16)23(14)2)17(15-9-5-4-6-10-15)13-18(21(24)25)22(26)27-3/h4-12,17-18H,13H2,1-3H3,(H,24,25). The van der Waals surface area contributed by atoms with Crippen molar-refractivity contribution < 1.29 is 19.4 Å². The molecule has 0 spiro atoms. The molecule has 140 valence electrons. The Bertz CT molecular complexity index is 975. The van der Waals surface area contributed by atoms with Gasteiger partial charge >= 0.3 is 11.9 Å². The molecular formula is C22H23NO4. The number of hydrogen-bond donors (Lipinski definition) is 1. The van der Waals surface area contributed by atoms with E-state index in [-0.39, 0.29) is 12.3 Å². The number of carbonyl (C=O) groups excluding carboxylic acids is 1. The number of aromatic nitrogens is 1. The van der Waals surface area contributed by atoms with Crippen molar-refractivity contribution in [2.75, 3.05) is 7.11 Å². The number of para-hydroxylation sites is 1. The summed E-state index contributed by atoms with van der Waals surface area (Å²) in [4.78, 5) is 23.8. The third-order valence-electron chi connectivity index (χ3n) is 5.25. The molecule has 0 radical (unpaired) electrons. The Morgan fingerprint density at radius 1 is 1.07 bits per heavy atom. The Labute approximate surface area is 158 Å². The van der Waals surface area contributed by atoms with E-state index in [2.05, 4.69) is 4.57 Å². The van der Waals surface area contributed by atoms with Crippen LogP contribution in [0.15, 0.2) is 54.6 Å². The van der Waals surface area contributed by atoms with E-state index in [0.29, 0.717) is 0 Å². The molecule has 5 nitrogen and oxygen atoms in total. The van der Waals surface area contributed by atoms with Crippen LogP contribution in [0.2, 0.25) is 0 Å². The lowest BCUT2D eigenvalue weighted by molar-refractivity contribution is -0.157. The van der Waals surface area contributed by atoms with Gasteiger partial charge in [-0.3, -0.25) is 9.59 Å². The van der Waals surface area contributed by atoms with Gasteiger partial charge in [-0.25, -0.2) is 0 Å². The maximum atomic E-state index is 12.1. The zero-order valence-electron chi connectivity index (χ0n) is 15.7. The molecule has 2 aromatic carbocycles. The zero-order valence-corrected chi connectivity index (χ0v) is 15.7. The molecule has 27 heavy (non-hydrogen) atoms. The molecule has 1 aromatic heterocycles. The van der Waals surface area contributed by atoms with Gasteiger partial charge in [0.1, 0.15) is 0 Å². The Morgan fingerprint density at radius 3 is 2.33 bits per heavy atom. The van der Waals surface area contributed by atoms with Crippen LogP contribution in [0, 0.1) is 12.8 Å². The van der Waals surface area contributed by atoms with Crippen LogP contribution in [0.1, 0.15) is 29.2 Å². The van der Waals surface area contributed by atoms with Crippen LogP contribution in [0.25, 0.3) is 10.9 Å². The normalized spacial score (nSPS) is 13.3. The summed E-state index contributed by atoms with van der Waals surface area (Å²) in [5.74, 6) is -3.35. The van der Waals surface area contributed by atoms with Gasteiger partial charge in [-0.15, -0.1) is 0 Å². The molecule has 0 aliphatic heterocycles. The number of esters is 1. The number of hydrogen-bond acceptors (Lipinski definition) is 3. The second-order valence-corrected chi connectivity index (χ2v) is 6.69. The van der Waals surface area contributed by atoms with Crippen LogP contribution in [0.3, 0.4) is 0 Å². The highest BCUT2D eigenvalue weighted by Crippen LogP contribution is 2.39. The van der Waals surface area contributed by atoms with E-state index in [0.717, 1.165) is 27.7 Å². The van der Waals surface area contributed by atoms with E-state index in [9.17, 15) is 14.7 Å². The molecule has 0 bridgehead atoms. The van der Waals surface area contributed by atoms with Crippen molar-refractivity contribution in [1.29, 1.82) is 0 Å². The van der Waals surface area contributed by atoms with E-state index in [1.807, 2.05) is 68.6 Å². The monoisotopic (exact) mass is 365 g/mol. The minimum atomic E-state index is -1.22. The summed E-state index contributed by atoms with van der Waals surface area (Å²) in [7, 11) is 3.22. The van der Waals surface area contributed by atoms with Gasteiger partial charge in [0.05, 0.1) is 7.11 Å². The Morgan fingerprint density at radius 2 is 1.70 bits per heavy atom. The van der Waals surface area contributed by atoms with E-state index in [1.54, 1.807) is 0 Å². The fraction of sp³-hybridized carbons (Fsp3) is 0.273. The van der Waals surface area contributed by atoms with Gasteiger partial charge in [0, 0.05) is 29.6 Å². The van der Waals surface area contributed by atoms with Crippen molar-refractivity contribution in [3.63, 3.8) is 0 Å². The van der Waals surface area contributed by atoms with Crippen LogP contribution in [-0.2, 0) is 21.4 Å². The first-order valence-corrected chi connectivity index (χ1v) is 8.85. The molecule has 1 N–H and O–H groups in total. The average Bonchev–Trinajstić information content (AvgIpc) is 2.94. The largest absolute Gasteiger partial charge is 0.481 e. The summed E-state index contributed by atoms with van der Waals surface area (Å²) in [5.41, 5.74) is 4.16. The molecule has 0 aliphatic rings. The highest BCUT2D eigenvalue weighted by Gasteiger charge is 2.33. The first-order valence-electron chi connectivity index (χ1n) is 8.85. The molecule has 0 saturated carbocycles. The highest BCUT2D eigenvalue weighted by molar-refractivity contribution is 5.94. The number of carboxylic acid groups (broad SMARTS) is 1. The molecule has 1 heterocycles. The van der Waals surface area contributed by atoms with Crippen molar-refractivity contribution in [1.82, 2.24) is 4.57 Å². The summed E-state index contributed by atoms with van der Waals surface area (Å²) in [5, 5.41) is 10.7. The number of fused-ring (bicyclic) bond motifs is 1. The van der Waals surface area contributed by atoms with Gasteiger partial charge in [0.25, 0.3) is 0 Å². The number of methoxy groups -OCH3 is 1. The van der Waals surface area contributed by atoms with Crippen molar-refractivity contribution >= 4 is 22.8 Å². The van der Waals surface area contributed by atoms with Crippen LogP contribution >= 0.6 is 0 Å². The summed E-state index contributed by atoms with van der Waals surface area (Å²) in [6, 6.07) is 17.8. The van der Waals surface area contributed by atoms with Crippen molar-refractivity contribution in [2.45, 2.75) is 19.3 Å². The molecule has 0 fully saturated rings.